The van der Waals surface area contributed by atoms with Gasteiger partial charge in [-0.1, -0.05) is 30.4 Å². The van der Waals surface area contributed by atoms with E-state index in [2.05, 4.69) is 28.3 Å². The quantitative estimate of drug-likeness (QED) is 0.241. The molecule has 0 radical (unpaired) electrons. The number of ether oxygens (including phenoxy) is 1. The molecule has 5 heteroatoms. The lowest BCUT2D eigenvalue weighted by Gasteiger charge is -2.20. The van der Waals surface area contributed by atoms with Gasteiger partial charge in [-0.25, -0.2) is 9.64 Å². The number of carbonyl (C=O) groups is 2. The monoisotopic (exact) mass is 326 g/mol. The number of carbonyl (C=O) groups excluding carboxylic acids is 2. The topological polar surface area (TPSA) is 51.0 Å². The summed E-state index contributed by atoms with van der Waals surface area (Å²) in [5, 5.41) is 0. The molecule has 1 rings (SSSR count). The van der Waals surface area contributed by atoms with Crippen LogP contribution in [0.2, 0.25) is 0 Å². The van der Waals surface area contributed by atoms with Crippen molar-refractivity contribution in [2.45, 2.75) is 20.8 Å². The summed E-state index contributed by atoms with van der Waals surface area (Å²) in [7, 11) is 0. The third-order valence-electron chi connectivity index (χ3n) is 3.38. The summed E-state index contributed by atoms with van der Waals surface area (Å²) >= 11 is 0. The van der Waals surface area contributed by atoms with E-state index in [0.29, 0.717) is 0 Å². The molecule has 126 valence electrons. The molecule has 0 aromatic heterocycles. The average Bonchev–Trinajstić information content (AvgIpc) is 2.60. The summed E-state index contributed by atoms with van der Waals surface area (Å²) in [4.78, 5) is 28.4. The molecule has 0 aliphatic heterocycles. The maximum atomic E-state index is 11.7. The van der Waals surface area contributed by atoms with Gasteiger partial charge in [0.2, 0.25) is 5.70 Å². The molecular formula is C19H22N2O3. The predicted octanol–water partition coefficient (Wildman–Crippen LogP) is 3.48. The summed E-state index contributed by atoms with van der Waals surface area (Å²) in [5.41, 5.74) is 1.83. The molecular weight excluding hydrogens is 304 g/mol. The number of Topliss-reactive ketones (excluding diaryl/α,β-unsaturated/α-hetero) is 1. The van der Waals surface area contributed by atoms with Crippen LogP contribution >= 0.6 is 0 Å². The molecule has 0 saturated carbocycles. The molecule has 1 aromatic carbocycles. The minimum atomic E-state index is -1.00. The van der Waals surface area contributed by atoms with Crippen molar-refractivity contribution in [1.29, 1.82) is 0 Å². The van der Waals surface area contributed by atoms with Gasteiger partial charge in [0, 0.05) is 18.8 Å². The van der Waals surface area contributed by atoms with E-state index in [1.807, 2.05) is 24.3 Å². The molecule has 0 bridgehead atoms. The van der Waals surface area contributed by atoms with E-state index >= 15 is 0 Å². The Morgan fingerprint density at radius 3 is 2.29 bits per heavy atom. The summed E-state index contributed by atoms with van der Waals surface area (Å²) in [6.07, 6.45) is 4.68. The fraction of sp³-hybridized carbons (Fsp3) is 0.316. The van der Waals surface area contributed by atoms with E-state index < -0.39 is 11.8 Å². The van der Waals surface area contributed by atoms with Gasteiger partial charge < -0.3 is 9.64 Å². The molecule has 0 aliphatic rings. The summed E-state index contributed by atoms with van der Waals surface area (Å²) in [6, 6.07) is 7.97. The van der Waals surface area contributed by atoms with Gasteiger partial charge >= 0.3 is 5.97 Å². The maximum absolute atomic E-state index is 11.7. The second-order valence-corrected chi connectivity index (χ2v) is 4.84. The zero-order valence-corrected chi connectivity index (χ0v) is 14.3. The molecule has 5 nitrogen and oxygen atoms in total. The van der Waals surface area contributed by atoms with Gasteiger partial charge in [-0.2, -0.15) is 0 Å². The van der Waals surface area contributed by atoms with Crippen molar-refractivity contribution in [2.24, 2.45) is 0 Å². The molecule has 0 amide bonds. The van der Waals surface area contributed by atoms with Crippen molar-refractivity contribution in [3.05, 3.63) is 59.1 Å². The Balaban J connectivity index is 2.82. The Labute approximate surface area is 143 Å². The number of hydrogen-bond acceptors (Lipinski definition) is 4. The zero-order valence-electron chi connectivity index (χ0n) is 14.3. The highest BCUT2D eigenvalue weighted by atomic mass is 16.5. The maximum Gasteiger partial charge on any atom is 0.367 e. The summed E-state index contributed by atoms with van der Waals surface area (Å²) in [6.45, 7) is 14.8. The number of benzene rings is 1. The minimum absolute atomic E-state index is 0.102. The lowest BCUT2D eigenvalue weighted by molar-refractivity contribution is -0.151. The largest absolute Gasteiger partial charge is 0.461 e. The van der Waals surface area contributed by atoms with Crippen LogP contribution in [0.1, 0.15) is 26.3 Å². The van der Waals surface area contributed by atoms with Crippen LogP contribution in [-0.2, 0) is 14.3 Å². The van der Waals surface area contributed by atoms with Crippen LogP contribution in [-0.4, -0.2) is 31.4 Å². The lowest BCUT2D eigenvalue weighted by atomic mass is 10.1. The van der Waals surface area contributed by atoms with Crippen molar-refractivity contribution in [2.75, 3.05) is 24.6 Å². The number of esters is 1. The molecule has 0 fully saturated rings. The van der Waals surface area contributed by atoms with Crippen molar-refractivity contribution in [3.8, 4) is 0 Å². The van der Waals surface area contributed by atoms with Gasteiger partial charge in [0.1, 0.15) is 0 Å². The van der Waals surface area contributed by atoms with Crippen molar-refractivity contribution in [1.82, 2.24) is 0 Å². The second-order valence-electron chi connectivity index (χ2n) is 4.84. The van der Waals surface area contributed by atoms with Crippen molar-refractivity contribution >= 4 is 23.5 Å². The van der Waals surface area contributed by atoms with Gasteiger partial charge in [0.25, 0.3) is 5.78 Å². The van der Waals surface area contributed by atoms with Crippen LogP contribution in [0.25, 0.3) is 10.9 Å². The Bertz CT molecular complexity index is 663. The molecule has 24 heavy (non-hydrogen) atoms. The Morgan fingerprint density at radius 2 is 1.79 bits per heavy atom. The number of allylic oxidation sites excluding steroid dienone is 2. The molecule has 0 spiro atoms. The normalized spacial score (nSPS) is 11.2. The van der Waals surface area contributed by atoms with Crippen LogP contribution in [0.3, 0.4) is 0 Å². The fourth-order valence-electron chi connectivity index (χ4n) is 2.10. The molecule has 1 aromatic rings. The molecule has 0 unspecified atom stereocenters. The molecule has 0 heterocycles. The number of rotatable bonds is 8. The third-order valence-corrected chi connectivity index (χ3v) is 3.38. The van der Waals surface area contributed by atoms with Crippen LogP contribution in [0.15, 0.2) is 42.1 Å². The number of hydrogen-bond donors (Lipinski definition) is 0. The van der Waals surface area contributed by atoms with E-state index in [1.165, 1.54) is 6.08 Å². The summed E-state index contributed by atoms with van der Waals surface area (Å²) < 4.78 is 4.61. The summed E-state index contributed by atoms with van der Waals surface area (Å²) in [5.74, 6) is -1.93. The van der Waals surface area contributed by atoms with Gasteiger partial charge in [-0.05, 0) is 38.5 Å². The van der Waals surface area contributed by atoms with Crippen LogP contribution in [0.5, 0.6) is 0 Å². The highest BCUT2D eigenvalue weighted by molar-refractivity contribution is 6.41. The molecule has 0 saturated heterocycles. The van der Waals surface area contributed by atoms with Crippen LogP contribution < -0.4 is 4.90 Å². The SMILES string of the molecule is [C-]#[N+]/C(=C\C=C\c1ccc(N(CC)CC)cc1)C(=O)C(=O)OCC. The smallest absolute Gasteiger partial charge is 0.367 e. The molecule has 0 atom stereocenters. The zero-order chi connectivity index (χ0) is 17.9. The molecule has 0 aliphatic carbocycles. The van der Waals surface area contributed by atoms with Crippen molar-refractivity contribution < 1.29 is 14.3 Å². The number of anilines is 1. The fourth-order valence-corrected chi connectivity index (χ4v) is 2.10. The van der Waals surface area contributed by atoms with Gasteiger partial charge in [0.15, 0.2) is 0 Å². The van der Waals surface area contributed by atoms with Gasteiger partial charge in [-0.15, -0.1) is 0 Å². The van der Waals surface area contributed by atoms with E-state index in [1.54, 1.807) is 19.1 Å². The first kappa shape index (κ1) is 19.2. The standard InChI is InChI=1S/C19H22N2O3/c1-5-21(6-2)16-13-11-15(12-14-16)9-8-10-17(20-4)18(22)19(23)24-7-3/h8-14H,5-7H2,1-3H3/b9-8+,17-10-. The number of nitrogens with zero attached hydrogens (tertiary/aromatic N) is 2. The van der Waals surface area contributed by atoms with E-state index in [4.69, 9.17) is 6.57 Å². The highest BCUT2D eigenvalue weighted by Gasteiger charge is 2.19. The van der Waals surface area contributed by atoms with E-state index in [-0.39, 0.29) is 12.3 Å². The predicted molar refractivity (Wildman–Crippen MR) is 95.4 cm³/mol. The van der Waals surface area contributed by atoms with E-state index in [0.717, 1.165) is 24.3 Å². The van der Waals surface area contributed by atoms with Crippen LogP contribution in [0.4, 0.5) is 5.69 Å². The highest BCUT2D eigenvalue weighted by Crippen LogP contribution is 2.15. The first-order valence-electron chi connectivity index (χ1n) is 7.89. The Kier molecular flexibility index (Phi) is 8.00. The molecule has 0 N–H and O–H groups in total. The van der Waals surface area contributed by atoms with Gasteiger partial charge in [0.05, 0.1) is 13.2 Å². The first-order valence-corrected chi connectivity index (χ1v) is 7.89. The minimum Gasteiger partial charge on any atom is -0.461 e. The Morgan fingerprint density at radius 1 is 1.17 bits per heavy atom. The lowest BCUT2D eigenvalue weighted by Crippen LogP contribution is -2.21. The third kappa shape index (κ3) is 5.40. The van der Waals surface area contributed by atoms with Gasteiger partial charge in [-0.3, -0.25) is 4.79 Å². The number of ketones is 1. The second kappa shape index (κ2) is 10.0. The van der Waals surface area contributed by atoms with Crippen molar-refractivity contribution in [3.63, 3.8) is 0 Å². The Hall–Kier alpha value is -2.87. The van der Waals surface area contributed by atoms with Crippen LogP contribution in [0, 0.1) is 6.57 Å². The average molecular weight is 326 g/mol. The first-order chi connectivity index (χ1) is 11.6. The van der Waals surface area contributed by atoms with E-state index in [9.17, 15) is 9.59 Å².